The molecule has 8 rings (SSSR count). The summed E-state index contributed by atoms with van der Waals surface area (Å²) < 4.78 is 61.9. The van der Waals surface area contributed by atoms with Crippen molar-refractivity contribution >= 4 is 45.1 Å². The Bertz CT molecular complexity index is 2460. The van der Waals surface area contributed by atoms with Crippen LogP contribution in [0, 0.1) is 11.8 Å². The number of hydrogen-bond acceptors (Lipinski definition) is 8. The lowest BCUT2D eigenvalue weighted by Gasteiger charge is -2.50. The van der Waals surface area contributed by atoms with E-state index in [9.17, 15) is 18.7 Å². The molecule has 6 aromatic rings. The number of benzene rings is 6. The van der Waals surface area contributed by atoms with E-state index in [1.807, 2.05) is 153 Å². The van der Waals surface area contributed by atoms with Gasteiger partial charge in [0, 0.05) is 33.9 Å². The number of ether oxygens (including phenoxy) is 6. The lowest BCUT2D eigenvalue weighted by molar-refractivity contribution is -0.351. The molecule has 0 amide bonds. The minimum atomic E-state index is -2.96. The molecule has 378 valence electrons. The van der Waals surface area contributed by atoms with E-state index in [-0.39, 0.29) is 54.2 Å². The van der Waals surface area contributed by atoms with Gasteiger partial charge in [-0.15, -0.1) is 0 Å². The number of hydrogen-bond donors (Lipinski definition) is 1. The molecule has 9 atom stereocenters. The predicted octanol–water partition coefficient (Wildman–Crippen LogP) is 14.1. The van der Waals surface area contributed by atoms with Crippen LogP contribution in [-0.4, -0.2) is 53.5 Å². The zero-order chi connectivity index (χ0) is 50.8. The van der Waals surface area contributed by atoms with Gasteiger partial charge >= 0.3 is 10.8 Å². The van der Waals surface area contributed by atoms with Crippen LogP contribution in [0.15, 0.2) is 170 Å². The van der Waals surface area contributed by atoms with Crippen LogP contribution in [0.25, 0.3) is 0 Å². The Hall–Kier alpha value is -4.53. The van der Waals surface area contributed by atoms with E-state index in [2.05, 4.69) is 36.7 Å². The molecule has 0 unspecified atom stereocenters. The fourth-order valence-electron chi connectivity index (χ4n) is 8.63. The summed E-state index contributed by atoms with van der Waals surface area (Å²) >= 11 is 13.8. The van der Waals surface area contributed by atoms with E-state index in [1.165, 1.54) is 24.3 Å². The molecule has 71 heavy (non-hydrogen) atoms. The topological polar surface area (TPSA) is 92.7 Å². The Balaban J connectivity index is 0.000000196. The van der Waals surface area contributed by atoms with Gasteiger partial charge < -0.3 is 33.5 Å². The van der Waals surface area contributed by atoms with Crippen LogP contribution in [0.4, 0.5) is 8.78 Å². The zero-order valence-electron chi connectivity index (χ0n) is 40.4. The summed E-state index contributed by atoms with van der Waals surface area (Å²) in [4.78, 5) is 9.56. The molecule has 0 saturated carbocycles. The van der Waals surface area contributed by atoms with Gasteiger partial charge in [0.1, 0.15) is 18.3 Å². The summed E-state index contributed by atoms with van der Waals surface area (Å²) in [6, 6.07) is 52.7. The molecule has 2 aliphatic heterocycles. The molecule has 8 nitrogen and oxygen atoms in total. The number of esters is 1. The molecule has 2 saturated heterocycles. The van der Waals surface area contributed by atoms with Crippen molar-refractivity contribution in [3.63, 3.8) is 0 Å². The highest BCUT2D eigenvalue weighted by Gasteiger charge is 2.53. The first kappa shape index (κ1) is 55.8. The molecular formula is C58H63BrCl2F2O8. The summed E-state index contributed by atoms with van der Waals surface area (Å²) in [5, 5.41) is 13.1. The van der Waals surface area contributed by atoms with Gasteiger partial charge in [-0.2, -0.15) is 8.78 Å². The van der Waals surface area contributed by atoms with Crippen LogP contribution in [0.2, 0.25) is 10.0 Å². The molecule has 13 heteroatoms. The number of carbonyl (C=O) groups excluding carboxylic acids is 1. The third kappa shape index (κ3) is 16.8. The van der Waals surface area contributed by atoms with E-state index in [0.717, 1.165) is 40.7 Å². The Morgan fingerprint density at radius 2 is 0.958 bits per heavy atom. The second-order valence-electron chi connectivity index (χ2n) is 17.8. The second-order valence-corrected chi connectivity index (χ2v) is 19.6. The summed E-state index contributed by atoms with van der Waals surface area (Å²) in [5.41, 5.74) is 5.04. The molecule has 0 aromatic heterocycles. The van der Waals surface area contributed by atoms with E-state index >= 15 is 0 Å². The van der Waals surface area contributed by atoms with Crippen LogP contribution < -0.4 is 0 Å². The second kappa shape index (κ2) is 27.5. The third-order valence-electron chi connectivity index (χ3n) is 12.6. The number of carbonyl (C=O) groups is 1. The standard InChI is InChI=1S/C29H33ClO4.C22H26O4.C7H4BrClF2/c1-3-26-21(2)27(32-19-23-10-6-4-7-11-23)28(33-20-24-12-8-5-9-13-24)29(31,34-26)18-22-14-16-25(30)17-15-22;1-3-19-16(2)20(24-14-17-10-6-4-7-11-17)21(22(23)26-19)25-15-18-12-8-5-9-13-18;8-7(10,11)5-1-3-6(9)4-2-5/h4-17,21,26-28,31H,3,18-20H2,1-2H3;4-13,16,19-21H,3,14-15H2,1-2H3;1-4H/t21-,26-,27+,28-,29+;16-,19-,20+,21-;/m11./s1. The average Bonchev–Trinajstić information content (AvgIpc) is 3.38. The summed E-state index contributed by atoms with van der Waals surface area (Å²) in [6.07, 6.45) is -0.552. The van der Waals surface area contributed by atoms with Crippen molar-refractivity contribution in [1.82, 2.24) is 0 Å². The van der Waals surface area contributed by atoms with Gasteiger partial charge in [0.2, 0.25) is 0 Å². The van der Waals surface area contributed by atoms with Crippen molar-refractivity contribution in [3.8, 4) is 0 Å². The number of halogens is 5. The minimum absolute atomic E-state index is 0.0416. The third-order valence-corrected chi connectivity index (χ3v) is 13.5. The van der Waals surface area contributed by atoms with Gasteiger partial charge in [0.05, 0.1) is 38.6 Å². The number of cyclic esters (lactones) is 1. The monoisotopic (exact) mass is 1070 g/mol. The maximum atomic E-state index is 12.5. The van der Waals surface area contributed by atoms with Crippen LogP contribution >= 0.6 is 39.1 Å². The smallest absolute Gasteiger partial charge is 0.338 e. The van der Waals surface area contributed by atoms with Crippen molar-refractivity contribution in [2.24, 2.45) is 11.8 Å². The largest absolute Gasteiger partial charge is 0.460 e. The predicted molar refractivity (Wildman–Crippen MR) is 278 cm³/mol. The molecule has 6 aromatic carbocycles. The lowest BCUT2D eigenvalue weighted by atomic mass is 9.82. The minimum Gasteiger partial charge on any atom is -0.460 e. The highest BCUT2D eigenvalue weighted by molar-refractivity contribution is 9.09. The molecule has 0 aliphatic carbocycles. The van der Waals surface area contributed by atoms with Crippen molar-refractivity contribution in [2.45, 2.75) is 121 Å². The van der Waals surface area contributed by atoms with Crippen molar-refractivity contribution in [1.29, 1.82) is 0 Å². The molecule has 0 bridgehead atoms. The van der Waals surface area contributed by atoms with Crippen molar-refractivity contribution in [3.05, 3.63) is 213 Å². The highest BCUT2D eigenvalue weighted by atomic mass is 79.9. The first-order valence-corrected chi connectivity index (χ1v) is 25.5. The Labute approximate surface area is 435 Å². The fourth-order valence-corrected chi connectivity index (χ4v) is 9.15. The molecule has 2 aliphatic rings. The number of aliphatic hydroxyl groups is 1. The van der Waals surface area contributed by atoms with Crippen molar-refractivity contribution < 1.29 is 47.1 Å². The van der Waals surface area contributed by atoms with E-state index in [1.54, 1.807) is 0 Å². The van der Waals surface area contributed by atoms with Gasteiger partial charge in [-0.1, -0.05) is 196 Å². The van der Waals surface area contributed by atoms with Gasteiger partial charge in [-0.05, 0) is 80.9 Å². The molecule has 0 spiro atoms. The van der Waals surface area contributed by atoms with Crippen LogP contribution in [0.3, 0.4) is 0 Å². The Morgan fingerprint density at radius 1 is 0.563 bits per heavy atom. The van der Waals surface area contributed by atoms with Gasteiger partial charge in [0.25, 0.3) is 0 Å². The SMILES string of the molecule is CC[C@H]1OC(=O)[C@H](OCc2ccccc2)[C@@H](OCc2ccccc2)[C@@H]1C.CC[C@H]1O[C@@](O)(Cc2ccc(Cl)cc2)[C@H](OCc2ccccc2)[C@@H](OCc2ccccc2)[C@@H]1C.FC(F)(Br)c1ccc(Cl)cc1. The van der Waals surface area contributed by atoms with Crippen molar-refractivity contribution in [2.75, 3.05) is 0 Å². The molecule has 1 N–H and O–H groups in total. The average molecular weight is 1080 g/mol. The van der Waals surface area contributed by atoms with Crippen LogP contribution in [0.1, 0.15) is 73.9 Å². The Morgan fingerprint density at radius 3 is 1.39 bits per heavy atom. The molecule has 0 radical (unpaired) electrons. The molecule has 2 heterocycles. The van der Waals surface area contributed by atoms with Crippen LogP contribution in [-0.2, 0) is 70.9 Å². The summed E-state index contributed by atoms with van der Waals surface area (Å²) in [7, 11) is 0. The van der Waals surface area contributed by atoms with E-state index in [4.69, 9.17) is 51.6 Å². The zero-order valence-corrected chi connectivity index (χ0v) is 43.5. The molecule has 2 fully saturated rings. The quantitative estimate of drug-likeness (QED) is 0.0713. The maximum Gasteiger partial charge on any atom is 0.338 e. The first-order valence-electron chi connectivity index (χ1n) is 24.0. The van der Waals surface area contributed by atoms with Gasteiger partial charge in [-0.3, -0.25) is 0 Å². The summed E-state index contributed by atoms with van der Waals surface area (Å²) in [6.45, 7) is 9.87. The fraction of sp³-hybridized carbons (Fsp3) is 0.362. The van der Waals surface area contributed by atoms with E-state index < -0.39 is 22.8 Å². The Kier molecular flexibility index (Phi) is 21.6. The number of rotatable bonds is 17. The van der Waals surface area contributed by atoms with Crippen LogP contribution in [0.5, 0.6) is 0 Å². The van der Waals surface area contributed by atoms with E-state index in [0.29, 0.717) is 36.5 Å². The first-order chi connectivity index (χ1) is 34.2. The maximum absolute atomic E-state index is 12.5. The molecular weight excluding hydrogens is 1010 g/mol. The summed E-state index contributed by atoms with van der Waals surface area (Å²) in [5.74, 6) is -1.76. The highest BCUT2D eigenvalue weighted by Crippen LogP contribution is 2.40. The normalized spacial score (nSPS) is 24.1. The number of alkyl halides is 3. The van der Waals surface area contributed by atoms with Gasteiger partial charge in [-0.25, -0.2) is 4.79 Å². The van der Waals surface area contributed by atoms with Gasteiger partial charge in [0.15, 0.2) is 11.9 Å². The lowest BCUT2D eigenvalue weighted by Crippen LogP contribution is -2.63.